The van der Waals surface area contributed by atoms with Gasteiger partial charge in [-0.05, 0) is 36.5 Å². The molecule has 1 N–H and O–H groups in total. The molecule has 1 heterocycles. The van der Waals surface area contributed by atoms with Crippen molar-refractivity contribution in [3.05, 3.63) is 0 Å². The quantitative estimate of drug-likeness (QED) is 0.789. The number of carbonyl (C=O) groups excluding carboxylic acids is 1. The Balaban J connectivity index is 2.03. The van der Waals surface area contributed by atoms with Gasteiger partial charge in [-0.15, -0.1) is 0 Å². The Hall–Kier alpha value is -0.660. The second-order valence-corrected chi connectivity index (χ2v) is 10.4. The number of carbonyl (C=O) groups is 1. The van der Waals surface area contributed by atoms with Gasteiger partial charge in [-0.25, -0.2) is 12.7 Å². The Bertz CT molecular complexity index is 620. The summed E-state index contributed by atoms with van der Waals surface area (Å²) in [5, 5.41) is 10.7. The number of hydrogen-bond acceptors (Lipinski definition) is 5. The minimum absolute atomic E-state index is 0.0573. The first-order valence-electron chi connectivity index (χ1n) is 8.43. The largest absolute Gasteiger partial charge is 0.313 e. The van der Waals surface area contributed by atoms with E-state index in [2.05, 4.69) is 13.8 Å². The molecule has 1 amide bonds. The van der Waals surface area contributed by atoms with Crippen molar-refractivity contribution >= 4 is 15.9 Å². The highest BCUT2D eigenvalue weighted by atomic mass is 32.2. The van der Waals surface area contributed by atoms with E-state index in [-0.39, 0.29) is 28.5 Å². The van der Waals surface area contributed by atoms with Crippen molar-refractivity contribution in [3.8, 4) is 0 Å². The monoisotopic (exact) mass is 344 g/mol. The van der Waals surface area contributed by atoms with Gasteiger partial charge >= 0.3 is 0 Å². The Morgan fingerprint density at radius 3 is 2.43 bits per heavy atom. The third-order valence-corrected chi connectivity index (χ3v) is 8.83. The number of hydrogen-bond donors (Lipinski definition) is 1. The first-order valence-corrected chi connectivity index (χ1v) is 10.0. The van der Waals surface area contributed by atoms with Crippen LogP contribution in [0.1, 0.15) is 47.0 Å². The fourth-order valence-corrected chi connectivity index (χ4v) is 8.14. The summed E-state index contributed by atoms with van der Waals surface area (Å²) in [6.07, 6.45) is 2.69. The van der Waals surface area contributed by atoms with E-state index < -0.39 is 22.0 Å². The molecule has 3 aliphatic rings. The fourth-order valence-electron chi connectivity index (χ4n) is 5.59. The third-order valence-electron chi connectivity index (χ3n) is 6.92. The van der Waals surface area contributed by atoms with Gasteiger partial charge in [0.05, 0.1) is 11.8 Å². The van der Waals surface area contributed by atoms with E-state index in [0.717, 1.165) is 28.6 Å². The number of hydroxylamine groups is 2. The van der Waals surface area contributed by atoms with Crippen LogP contribution in [0.2, 0.25) is 0 Å². The lowest BCUT2D eigenvalue weighted by atomic mass is 9.69. The zero-order valence-electron chi connectivity index (χ0n) is 14.6. The van der Waals surface area contributed by atoms with Crippen molar-refractivity contribution in [3.63, 3.8) is 0 Å². The highest BCUT2D eigenvalue weighted by Crippen LogP contribution is 2.70. The van der Waals surface area contributed by atoms with E-state index >= 15 is 0 Å². The Morgan fingerprint density at radius 1 is 1.35 bits per heavy atom. The Kier molecular flexibility index (Phi) is 3.68. The van der Waals surface area contributed by atoms with E-state index in [0.29, 0.717) is 5.92 Å². The number of sulfonamides is 1. The van der Waals surface area contributed by atoms with E-state index in [9.17, 15) is 18.4 Å². The van der Waals surface area contributed by atoms with Gasteiger partial charge in [0.25, 0.3) is 5.91 Å². The number of rotatable bonds is 3. The van der Waals surface area contributed by atoms with Crippen molar-refractivity contribution in [2.75, 3.05) is 12.8 Å². The van der Waals surface area contributed by atoms with Crippen LogP contribution in [0.15, 0.2) is 0 Å². The Morgan fingerprint density at radius 2 is 1.96 bits per heavy atom. The summed E-state index contributed by atoms with van der Waals surface area (Å²) in [6, 6.07) is -1.07. The fraction of sp³-hybridized carbons (Fsp3) is 0.938. The molecule has 0 aromatic heterocycles. The summed E-state index contributed by atoms with van der Waals surface area (Å²) in [4.78, 5) is 13.0. The first kappa shape index (κ1) is 17.2. The number of amides is 1. The molecule has 7 heteroatoms. The molecule has 0 radical (unpaired) electrons. The van der Waals surface area contributed by atoms with Crippen LogP contribution in [0, 0.1) is 22.7 Å². The van der Waals surface area contributed by atoms with Crippen LogP contribution in [0.3, 0.4) is 0 Å². The van der Waals surface area contributed by atoms with E-state index in [4.69, 9.17) is 0 Å². The standard InChI is InChI=1S/C16H28N2O4S/c1-10(2)13(17(5)20)14(19)18-12-8-11-6-7-16(12,15(11,3)4)9-23(18,21)22/h10-13,20H,6-9H2,1-5H3/t11-,12-,13+,16-/m1/s1. The lowest BCUT2D eigenvalue weighted by molar-refractivity contribution is -0.159. The number of fused-ring (bicyclic) bond motifs is 1. The average Bonchev–Trinajstić information content (AvgIpc) is 2.83. The minimum atomic E-state index is -3.63. The minimum Gasteiger partial charge on any atom is -0.313 e. The zero-order valence-corrected chi connectivity index (χ0v) is 15.4. The van der Waals surface area contributed by atoms with E-state index in [1.807, 2.05) is 13.8 Å². The molecule has 0 unspecified atom stereocenters. The van der Waals surface area contributed by atoms with Crippen LogP contribution in [0.5, 0.6) is 0 Å². The first-order chi connectivity index (χ1) is 10.5. The summed E-state index contributed by atoms with van der Waals surface area (Å²) in [5.74, 6) is -0.103. The smallest absolute Gasteiger partial charge is 0.256 e. The summed E-state index contributed by atoms with van der Waals surface area (Å²) in [6.45, 7) is 7.95. The molecule has 0 aromatic carbocycles. The van der Waals surface area contributed by atoms with Crippen LogP contribution in [0.4, 0.5) is 0 Å². The maximum Gasteiger partial charge on any atom is 0.256 e. The molecule has 23 heavy (non-hydrogen) atoms. The van der Waals surface area contributed by atoms with E-state index in [1.165, 1.54) is 7.05 Å². The normalized spacial score (nSPS) is 38.3. The molecule has 3 fully saturated rings. The molecule has 132 valence electrons. The molecule has 4 atom stereocenters. The van der Waals surface area contributed by atoms with Crippen molar-refractivity contribution in [2.24, 2.45) is 22.7 Å². The lowest BCUT2D eigenvalue weighted by Crippen LogP contribution is -2.53. The highest BCUT2D eigenvalue weighted by molar-refractivity contribution is 7.90. The van der Waals surface area contributed by atoms with Gasteiger partial charge < -0.3 is 5.21 Å². The molecule has 1 spiro atoms. The molecule has 6 nitrogen and oxygen atoms in total. The maximum atomic E-state index is 13.0. The predicted octanol–water partition coefficient (Wildman–Crippen LogP) is 1.70. The summed E-state index contributed by atoms with van der Waals surface area (Å²) >= 11 is 0. The SMILES string of the molecule is CC(C)[C@@H](C(=O)N1[C@@H]2C[C@H]3CC[C@]2(CS1(=O)=O)C3(C)C)N(C)O. The molecule has 3 rings (SSSR count). The van der Waals surface area contributed by atoms with Gasteiger partial charge in [0, 0.05) is 12.5 Å². The van der Waals surface area contributed by atoms with Crippen molar-refractivity contribution in [2.45, 2.75) is 59.0 Å². The molecule has 2 bridgehead atoms. The van der Waals surface area contributed by atoms with Crippen molar-refractivity contribution in [1.29, 1.82) is 0 Å². The van der Waals surface area contributed by atoms with Gasteiger partial charge in [-0.3, -0.25) is 4.79 Å². The third kappa shape index (κ3) is 2.05. The molecule has 1 aliphatic heterocycles. The summed E-state index contributed by atoms with van der Waals surface area (Å²) < 4.78 is 26.8. The second kappa shape index (κ2) is 4.92. The maximum absolute atomic E-state index is 13.0. The van der Waals surface area contributed by atoms with Gasteiger partial charge in [-0.1, -0.05) is 27.7 Å². The summed E-state index contributed by atoms with van der Waals surface area (Å²) in [7, 11) is -2.22. The molecule has 2 saturated carbocycles. The van der Waals surface area contributed by atoms with E-state index in [1.54, 1.807) is 0 Å². The van der Waals surface area contributed by atoms with Crippen molar-refractivity contribution < 1.29 is 18.4 Å². The predicted molar refractivity (Wildman–Crippen MR) is 86.2 cm³/mol. The second-order valence-electron chi connectivity index (χ2n) is 8.52. The number of likely N-dealkylation sites (N-methyl/N-ethyl adjacent to an activating group) is 1. The van der Waals surface area contributed by atoms with Crippen LogP contribution >= 0.6 is 0 Å². The lowest BCUT2D eigenvalue weighted by Gasteiger charge is -2.38. The van der Waals surface area contributed by atoms with Crippen LogP contribution in [-0.4, -0.2) is 53.8 Å². The highest BCUT2D eigenvalue weighted by Gasteiger charge is 2.72. The summed E-state index contributed by atoms with van der Waals surface area (Å²) in [5.41, 5.74) is -0.375. The molecule has 0 aromatic rings. The van der Waals surface area contributed by atoms with Crippen molar-refractivity contribution in [1.82, 2.24) is 9.37 Å². The zero-order chi connectivity index (χ0) is 17.4. The van der Waals surface area contributed by atoms with Gasteiger partial charge in [0.15, 0.2) is 0 Å². The molecular formula is C16H28N2O4S. The molecule has 2 aliphatic carbocycles. The van der Waals surface area contributed by atoms with Crippen LogP contribution < -0.4 is 0 Å². The van der Waals surface area contributed by atoms with Gasteiger partial charge in [-0.2, -0.15) is 5.06 Å². The Labute approximate surface area is 138 Å². The topological polar surface area (TPSA) is 77.9 Å². The molecular weight excluding hydrogens is 316 g/mol. The molecule has 1 saturated heterocycles. The number of nitrogens with zero attached hydrogens (tertiary/aromatic N) is 2. The van der Waals surface area contributed by atoms with Crippen LogP contribution in [0.25, 0.3) is 0 Å². The van der Waals surface area contributed by atoms with Crippen LogP contribution in [-0.2, 0) is 14.8 Å². The average molecular weight is 344 g/mol. The van der Waals surface area contributed by atoms with Gasteiger partial charge in [0.1, 0.15) is 6.04 Å². The van der Waals surface area contributed by atoms with Gasteiger partial charge in [0.2, 0.25) is 10.0 Å².